The largest absolute Gasteiger partial charge is 0.480 e. The van der Waals surface area contributed by atoms with E-state index < -0.39 is 11.5 Å². The van der Waals surface area contributed by atoms with Crippen LogP contribution in [0.3, 0.4) is 0 Å². The molecule has 0 spiro atoms. The molecule has 0 saturated heterocycles. The van der Waals surface area contributed by atoms with Crippen LogP contribution in [0, 0.1) is 11.8 Å². The lowest BCUT2D eigenvalue weighted by molar-refractivity contribution is -0.147. The fraction of sp³-hybridized carbons (Fsp3) is 0.933. The van der Waals surface area contributed by atoms with E-state index in [9.17, 15) is 9.90 Å². The van der Waals surface area contributed by atoms with Crippen LogP contribution in [0.5, 0.6) is 0 Å². The van der Waals surface area contributed by atoms with Crippen molar-refractivity contribution in [2.24, 2.45) is 11.8 Å². The van der Waals surface area contributed by atoms with Gasteiger partial charge in [0.15, 0.2) is 0 Å². The molecule has 1 fully saturated rings. The molecule has 1 aliphatic rings. The fourth-order valence-corrected chi connectivity index (χ4v) is 2.55. The van der Waals surface area contributed by atoms with Crippen LogP contribution >= 0.6 is 0 Å². The number of nitrogens with zero attached hydrogens (tertiary/aromatic N) is 1. The van der Waals surface area contributed by atoms with Crippen molar-refractivity contribution in [3.05, 3.63) is 0 Å². The molecule has 1 saturated carbocycles. The predicted octanol–water partition coefficient (Wildman–Crippen LogP) is 2.20. The summed E-state index contributed by atoms with van der Waals surface area (Å²) in [5.41, 5.74) is -0.734. The van der Waals surface area contributed by atoms with Crippen molar-refractivity contribution in [2.45, 2.75) is 52.0 Å². The second kappa shape index (κ2) is 7.25. The van der Waals surface area contributed by atoms with Crippen LogP contribution in [-0.2, 0) is 4.79 Å². The van der Waals surface area contributed by atoms with Crippen molar-refractivity contribution >= 4 is 5.97 Å². The first-order chi connectivity index (χ1) is 8.92. The average molecular weight is 270 g/mol. The number of aliphatic carboxylic acids is 1. The molecule has 0 aromatic heterocycles. The van der Waals surface area contributed by atoms with E-state index >= 15 is 0 Å². The van der Waals surface area contributed by atoms with E-state index in [1.807, 2.05) is 7.05 Å². The molecule has 4 nitrogen and oxygen atoms in total. The molecule has 0 aromatic carbocycles. The minimum atomic E-state index is -0.734. The molecule has 19 heavy (non-hydrogen) atoms. The zero-order valence-corrected chi connectivity index (χ0v) is 12.9. The highest BCUT2D eigenvalue weighted by Crippen LogP contribution is 2.40. The first kappa shape index (κ1) is 16.4. The number of nitrogens with one attached hydrogen (secondary N) is 1. The Morgan fingerprint density at radius 3 is 2.53 bits per heavy atom. The molecule has 112 valence electrons. The van der Waals surface area contributed by atoms with Crippen LogP contribution in [0.25, 0.3) is 0 Å². The van der Waals surface area contributed by atoms with Gasteiger partial charge in [-0.2, -0.15) is 0 Å². The van der Waals surface area contributed by atoms with E-state index in [0.29, 0.717) is 18.4 Å². The van der Waals surface area contributed by atoms with Crippen LogP contribution in [0.1, 0.15) is 46.5 Å². The Balaban J connectivity index is 2.64. The number of carboxylic acids is 1. The zero-order chi connectivity index (χ0) is 14.5. The van der Waals surface area contributed by atoms with Crippen molar-refractivity contribution in [1.82, 2.24) is 10.2 Å². The SMILES string of the molecule is CCCNC(CN(C)CCC(C)C)(C(=O)O)C1CC1. The lowest BCUT2D eigenvalue weighted by Crippen LogP contribution is -2.60. The van der Waals surface area contributed by atoms with Gasteiger partial charge in [-0.05, 0) is 57.7 Å². The van der Waals surface area contributed by atoms with E-state index in [-0.39, 0.29) is 0 Å². The monoisotopic (exact) mass is 270 g/mol. The Morgan fingerprint density at radius 1 is 1.47 bits per heavy atom. The maximum Gasteiger partial charge on any atom is 0.325 e. The quantitative estimate of drug-likeness (QED) is 0.639. The second-order valence-electron chi connectivity index (χ2n) is 6.40. The number of carboxylic acid groups (broad SMARTS) is 1. The maximum absolute atomic E-state index is 11.8. The van der Waals surface area contributed by atoms with Gasteiger partial charge in [-0.1, -0.05) is 20.8 Å². The highest BCUT2D eigenvalue weighted by molar-refractivity contribution is 5.80. The van der Waals surface area contributed by atoms with E-state index in [1.54, 1.807) is 0 Å². The number of hydrogen-bond donors (Lipinski definition) is 2. The maximum atomic E-state index is 11.8. The van der Waals surface area contributed by atoms with Gasteiger partial charge in [-0.25, -0.2) is 0 Å². The van der Waals surface area contributed by atoms with Gasteiger partial charge < -0.3 is 15.3 Å². The van der Waals surface area contributed by atoms with E-state index in [1.165, 1.54) is 0 Å². The van der Waals surface area contributed by atoms with Crippen LogP contribution in [0.2, 0.25) is 0 Å². The minimum Gasteiger partial charge on any atom is -0.480 e. The van der Waals surface area contributed by atoms with Crippen molar-refractivity contribution in [2.75, 3.05) is 26.7 Å². The Hall–Kier alpha value is -0.610. The summed E-state index contributed by atoms with van der Waals surface area (Å²) in [4.78, 5) is 14.0. The van der Waals surface area contributed by atoms with E-state index in [4.69, 9.17) is 0 Å². The minimum absolute atomic E-state index is 0.304. The summed E-state index contributed by atoms with van der Waals surface area (Å²) in [7, 11) is 2.04. The van der Waals surface area contributed by atoms with Gasteiger partial charge in [0.05, 0.1) is 0 Å². The first-order valence-corrected chi connectivity index (χ1v) is 7.59. The molecule has 4 heteroatoms. The van der Waals surface area contributed by atoms with Gasteiger partial charge in [0, 0.05) is 6.54 Å². The van der Waals surface area contributed by atoms with Crippen molar-refractivity contribution in [3.8, 4) is 0 Å². The standard InChI is InChI=1S/C15H30N2O2/c1-5-9-16-15(14(18)19,13-6-7-13)11-17(4)10-8-12(2)3/h12-13,16H,5-11H2,1-4H3,(H,18,19). The lowest BCUT2D eigenvalue weighted by atomic mass is 9.92. The number of hydrogen-bond acceptors (Lipinski definition) is 3. The molecule has 0 radical (unpaired) electrons. The molecular weight excluding hydrogens is 240 g/mol. The fourth-order valence-electron chi connectivity index (χ4n) is 2.55. The van der Waals surface area contributed by atoms with Gasteiger partial charge in [0.25, 0.3) is 0 Å². The molecule has 1 unspecified atom stereocenters. The van der Waals surface area contributed by atoms with Gasteiger partial charge in [-0.15, -0.1) is 0 Å². The third-order valence-electron chi connectivity index (χ3n) is 3.95. The third-order valence-corrected chi connectivity index (χ3v) is 3.95. The number of carbonyl (C=O) groups is 1. The van der Waals surface area contributed by atoms with Crippen LogP contribution in [-0.4, -0.2) is 48.2 Å². The Morgan fingerprint density at radius 2 is 2.11 bits per heavy atom. The molecular formula is C15H30N2O2. The van der Waals surface area contributed by atoms with Gasteiger partial charge in [0.2, 0.25) is 0 Å². The Bertz CT molecular complexity index is 290. The average Bonchev–Trinajstić information content (AvgIpc) is 3.16. The normalized spacial score (nSPS) is 18.8. The van der Waals surface area contributed by atoms with Gasteiger partial charge in [0.1, 0.15) is 5.54 Å². The van der Waals surface area contributed by atoms with Crippen LogP contribution in [0.4, 0.5) is 0 Å². The second-order valence-corrected chi connectivity index (χ2v) is 6.40. The molecule has 0 amide bonds. The Labute approximate surface area is 117 Å². The number of likely N-dealkylation sites (N-methyl/N-ethyl adjacent to an activating group) is 1. The molecule has 2 N–H and O–H groups in total. The van der Waals surface area contributed by atoms with Gasteiger partial charge in [-0.3, -0.25) is 4.79 Å². The summed E-state index contributed by atoms with van der Waals surface area (Å²) in [6.45, 7) is 8.84. The molecule has 0 bridgehead atoms. The third kappa shape index (κ3) is 4.77. The molecule has 0 aliphatic heterocycles. The summed E-state index contributed by atoms with van der Waals surface area (Å²) in [5.74, 6) is 0.282. The summed E-state index contributed by atoms with van der Waals surface area (Å²) in [5, 5.41) is 13.0. The molecule has 0 heterocycles. The topological polar surface area (TPSA) is 52.6 Å². The summed E-state index contributed by atoms with van der Waals surface area (Å²) >= 11 is 0. The van der Waals surface area contributed by atoms with Crippen molar-refractivity contribution < 1.29 is 9.90 Å². The zero-order valence-electron chi connectivity index (χ0n) is 12.9. The van der Waals surface area contributed by atoms with E-state index in [2.05, 4.69) is 31.0 Å². The van der Waals surface area contributed by atoms with E-state index in [0.717, 1.165) is 38.8 Å². The van der Waals surface area contributed by atoms with Crippen molar-refractivity contribution in [1.29, 1.82) is 0 Å². The lowest BCUT2D eigenvalue weighted by Gasteiger charge is -2.35. The molecule has 0 aromatic rings. The smallest absolute Gasteiger partial charge is 0.325 e. The number of rotatable bonds is 10. The van der Waals surface area contributed by atoms with Crippen molar-refractivity contribution in [3.63, 3.8) is 0 Å². The highest BCUT2D eigenvalue weighted by Gasteiger charge is 2.51. The summed E-state index contributed by atoms with van der Waals surface area (Å²) in [6, 6.07) is 0. The van der Waals surface area contributed by atoms with Crippen LogP contribution < -0.4 is 5.32 Å². The Kier molecular flexibility index (Phi) is 6.27. The first-order valence-electron chi connectivity index (χ1n) is 7.59. The molecule has 1 aliphatic carbocycles. The predicted molar refractivity (Wildman–Crippen MR) is 78.3 cm³/mol. The molecule has 1 rings (SSSR count). The summed E-state index contributed by atoms with van der Waals surface area (Å²) < 4.78 is 0. The van der Waals surface area contributed by atoms with Crippen LogP contribution in [0.15, 0.2) is 0 Å². The van der Waals surface area contributed by atoms with Gasteiger partial charge >= 0.3 is 5.97 Å². The highest BCUT2D eigenvalue weighted by atomic mass is 16.4. The molecule has 1 atom stereocenters. The summed E-state index contributed by atoms with van der Waals surface area (Å²) in [6.07, 6.45) is 4.17.